The number of halogens is 1. The molecule has 1 fully saturated rings. The number of carbonyl (C=O) groups is 1. The number of hydrogen-bond acceptors (Lipinski definition) is 3. The average molecular weight is 480 g/mol. The summed E-state index contributed by atoms with van der Waals surface area (Å²) < 4.78 is 27.9. The number of amides is 2. The molecule has 6 nitrogen and oxygen atoms in total. The average Bonchev–Trinajstić information content (AvgIpc) is 2.72. The van der Waals surface area contributed by atoms with Crippen LogP contribution in [0, 0.1) is 5.92 Å². The molecule has 8 heteroatoms. The van der Waals surface area contributed by atoms with Gasteiger partial charge < -0.3 is 10.2 Å². The Kier molecular flexibility index (Phi) is 6.97. The zero-order valence-corrected chi connectivity index (χ0v) is 19.0. The SMILES string of the molecule is CC(C)C(NC(=O)N1CCN(S(=O)(=O)c2cccc(Br)c2)CC1)c1ccccc1. The molecule has 3 rings (SSSR count). The second kappa shape index (κ2) is 9.28. The lowest BCUT2D eigenvalue weighted by atomic mass is 9.96. The van der Waals surface area contributed by atoms with Crippen molar-refractivity contribution in [2.45, 2.75) is 24.8 Å². The first-order valence-electron chi connectivity index (χ1n) is 9.65. The molecule has 1 atom stereocenters. The topological polar surface area (TPSA) is 69.7 Å². The van der Waals surface area contributed by atoms with Gasteiger partial charge in [0.1, 0.15) is 0 Å². The lowest BCUT2D eigenvalue weighted by molar-refractivity contribution is 0.166. The molecule has 1 heterocycles. The van der Waals surface area contributed by atoms with E-state index in [4.69, 9.17) is 0 Å². The Morgan fingerprint density at radius 3 is 2.24 bits per heavy atom. The van der Waals surface area contributed by atoms with Crippen LogP contribution in [0.2, 0.25) is 0 Å². The fraction of sp³-hybridized carbons (Fsp3) is 0.381. The summed E-state index contributed by atoms with van der Waals surface area (Å²) in [5.41, 5.74) is 1.06. The van der Waals surface area contributed by atoms with Gasteiger partial charge in [0.05, 0.1) is 10.9 Å². The standard InChI is InChI=1S/C21H26BrN3O3S/c1-16(2)20(17-7-4-3-5-8-17)23-21(26)24-11-13-25(14-12-24)29(27,28)19-10-6-9-18(22)15-19/h3-10,15-16,20H,11-14H2,1-2H3,(H,23,26). The smallest absolute Gasteiger partial charge is 0.317 e. The fourth-order valence-electron chi connectivity index (χ4n) is 3.43. The molecule has 1 N–H and O–H groups in total. The first-order valence-corrected chi connectivity index (χ1v) is 11.9. The summed E-state index contributed by atoms with van der Waals surface area (Å²) >= 11 is 3.32. The monoisotopic (exact) mass is 479 g/mol. The molecule has 0 saturated carbocycles. The van der Waals surface area contributed by atoms with E-state index in [1.807, 2.05) is 30.3 Å². The molecular weight excluding hydrogens is 454 g/mol. The van der Waals surface area contributed by atoms with Crippen molar-refractivity contribution in [3.63, 3.8) is 0 Å². The summed E-state index contributed by atoms with van der Waals surface area (Å²) in [7, 11) is -3.57. The van der Waals surface area contributed by atoms with Crippen LogP contribution in [0.15, 0.2) is 64.0 Å². The summed E-state index contributed by atoms with van der Waals surface area (Å²) in [5.74, 6) is 0.236. The van der Waals surface area contributed by atoms with Crippen molar-refractivity contribution in [3.05, 3.63) is 64.6 Å². The Labute approximate surface area is 181 Å². The first kappa shape index (κ1) is 21.8. The minimum absolute atomic E-state index is 0.0906. The minimum Gasteiger partial charge on any atom is -0.331 e. The van der Waals surface area contributed by atoms with Gasteiger partial charge in [-0.25, -0.2) is 13.2 Å². The van der Waals surface area contributed by atoms with E-state index in [1.54, 1.807) is 29.2 Å². The molecule has 1 aliphatic heterocycles. The Hall–Kier alpha value is -1.90. The van der Waals surface area contributed by atoms with Crippen LogP contribution in [0.3, 0.4) is 0 Å². The van der Waals surface area contributed by atoms with Crippen LogP contribution in [0.5, 0.6) is 0 Å². The van der Waals surface area contributed by atoms with Gasteiger partial charge in [-0.15, -0.1) is 0 Å². The molecule has 0 spiro atoms. The summed E-state index contributed by atoms with van der Waals surface area (Å²) in [4.78, 5) is 14.7. The second-order valence-corrected chi connectivity index (χ2v) is 10.3. The summed E-state index contributed by atoms with van der Waals surface area (Å²) in [6.07, 6.45) is 0. The number of sulfonamides is 1. The molecule has 1 unspecified atom stereocenters. The van der Waals surface area contributed by atoms with Gasteiger partial charge in [0.2, 0.25) is 10.0 Å². The second-order valence-electron chi connectivity index (χ2n) is 7.43. The summed E-state index contributed by atoms with van der Waals surface area (Å²) in [5, 5.41) is 3.11. The predicted octanol–water partition coefficient (Wildman–Crippen LogP) is 3.86. The van der Waals surface area contributed by atoms with Crippen molar-refractivity contribution in [1.29, 1.82) is 0 Å². The van der Waals surface area contributed by atoms with Crippen molar-refractivity contribution in [3.8, 4) is 0 Å². The Morgan fingerprint density at radius 2 is 1.66 bits per heavy atom. The van der Waals surface area contributed by atoms with Gasteiger partial charge in [0, 0.05) is 30.7 Å². The molecule has 2 aromatic carbocycles. The molecule has 1 saturated heterocycles. The van der Waals surface area contributed by atoms with E-state index in [9.17, 15) is 13.2 Å². The van der Waals surface area contributed by atoms with E-state index in [2.05, 4.69) is 35.1 Å². The zero-order chi connectivity index (χ0) is 21.0. The van der Waals surface area contributed by atoms with Gasteiger partial charge in [0.15, 0.2) is 0 Å². The maximum absolute atomic E-state index is 12.9. The number of nitrogens with one attached hydrogen (secondary N) is 1. The minimum atomic E-state index is -3.57. The molecule has 1 aliphatic rings. The molecule has 0 bridgehead atoms. The molecule has 156 valence electrons. The quantitative estimate of drug-likeness (QED) is 0.707. The van der Waals surface area contributed by atoms with Crippen LogP contribution >= 0.6 is 15.9 Å². The normalized spacial score (nSPS) is 16.6. The van der Waals surface area contributed by atoms with E-state index in [0.717, 1.165) is 10.0 Å². The number of benzene rings is 2. The van der Waals surface area contributed by atoms with Crippen molar-refractivity contribution in [2.75, 3.05) is 26.2 Å². The van der Waals surface area contributed by atoms with E-state index in [0.29, 0.717) is 13.1 Å². The molecular formula is C21H26BrN3O3S. The number of hydrogen-bond donors (Lipinski definition) is 1. The first-order chi connectivity index (χ1) is 13.8. The fourth-order valence-corrected chi connectivity index (χ4v) is 5.45. The van der Waals surface area contributed by atoms with Crippen molar-refractivity contribution in [1.82, 2.24) is 14.5 Å². The Morgan fingerprint density at radius 1 is 1.00 bits per heavy atom. The predicted molar refractivity (Wildman–Crippen MR) is 117 cm³/mol. The van der Waals surface area contributed by atoms with Crippen molar-refractivity contribution < 1.29 is 13.2 Å². The number of rotatable bonds is 5. The molecule has 0 radical (unpaired) electrons. The van der Waals surface area contributed by atoms with Crippen LogP contribution in [-0.2, 0) is 10.0 Å². The summed E-state index contributed by atoms with van der Waals surface area (Å²) in [6.45, 7) is 5.41. The highest BCUT2D eigenvalue weighted by Gasteiger charge is 2.31. The number of carbonyl (C=O) groups excluding carboxylic acids is 1. The van der Waals surface area contributed by atoms with E-state index in [-0.39, 0.29) is 36.0 Å². The van der Waals surface area contributed by atoms with Crippen LogP contribution in [0.1, 0.15) is 25.5 Å². The van der Waals surface area contributed by atoms with Gasteiger partial charge >= 0.3 is 6.03 Å². The highest BCUT2D eigenvalue weighted by molar-refractivity contribution is 9.10. The van der Waals surface area contributed by atoms with Gasteiger partial charge in [-0.2, -0.15) is 4.31 Å². The van der Waals surface area contributed by atoms with Crippen LogP contribution in [0.25, 0.3) is 0 Å². The Balaban J connectivity index is 1.63. The maximum Gasteiger partial charge on any atom is 0.317 e. The Bertz CT molecular complexity index is 943. The van der Waals surface area contributed by atoms with Gasteiger partial charge in [-0.3, -0.25) is 0 Å². The lowest BCUT2D eigenvalue weighted by Crippen LogP contribution is -2.53. The highest BCUT2D eigenvalue weighted by Crippen LogP contribution is 2.23. The van der Waals surface area contributed by atoms with Crippen LogP contribution in [-0.4, -0.2) is 49.8 Å². The number of piperazine rings is 1. The van der Waals surface area contributed by atoms with Gasteiger partial charge in [0.25, 0.3) is 0 Å². The number of urea groups is 1. The van der Waals surface area contributed by atoms with Gasteiger partial charge in [-0.05, 0) is 29.7 Å². The third kappa shape index (κ3) is 5.18. The third-order valence-corrected chi connectivity index (χ3v) is 7.45. The molecule has 0 aromatic heterocycles. The van der Waals surface area contributed by atoms with Gasteiger partial charge in [-0.1, -0.05) is 66.2 Å². The maximum atomic E-state index is 12.9. The molecule has 2 amide bonds. The summed E-state index contributed by atoms with van der Waals surface area (Å²) in [6, 6.07) is 16.3. The molecule has 2 aromatic rings. The molecule has 0 aliphatic carbocycles. The number of nitrogens with zero attached hydrogens (tertiary/aromatic N) is 2. The van der Waals surface area contributed by atoms with E-state index in [1.165, 1.54) is 4.31 Å². The van der Waals surface area contributed by atoms with Crippen LogP contribution in [0.4, 0.5) is 4.79 Å². The lowest BCUT2D eigenvalue weighted by Gasteiger charge is -2.35. The zero-order valence-electron chi connectivity index (χ0n) is 16.6. The van der Waals surface area contributed by atoms with E-state index >= 15 is 0 Å². The van der Waals surface area contributed by atoms with Crippen LogP contribution < -0.4 is 5.32 Å². The van der Waals surface area contributed by atoms with Crippen molar-refractivity contribution in [2.24, 2.45) is 5.92 Å². The highest BCUT2D eigenvalue weighted by atomic mass is 79.9. The van der Waals surface area contributed by atoms with E-state index < -0.39 is 10.0 Å². The third-order valence-electron chi connectivity index (χ3n) is 5.06. The van der Waals surface area contributed by atoms with Crippen molar-refractivity contribution >= 4 is 32.0 Å². The molecule has 29 heavy (non-hydrogen) atoms. The largest absolute Gasteiger partial charge is 0.331 e.